The standard InChI is InChI=1S/C19H24FN5O/c1-23-7-3-9-25-18(19(23)26)10-17(22-25)15-4-2-8-24(13-15)12-14-5-6-21-11-16(14)20/h5-6,10-11,15H,2-4,7-9,12-13H2,1H3. The van der Waals surface area contributed by atoms with Crippen LogP contribution < -0.4 is 0 Å². The molecule has 0 aliphatic carbocycles. The summed E-state index contributed by atoms with van der Waals surface area (Å²) < 4.78 is 15.8. The van der Waals surface area contributed by atoms with E-state index in [0.29, 0.717) is 17.8 Å². The molecule has 1 atom stereocenters. The first-order chi connectivity index (χ1) is 12.6. The summed E-state index contributed by atoms with van der Waals surface area (Å²) in [4.78, 5) is 20.3. The quantitative estimate of drug-likeness (QED) is 0.846. The zero-order valence-corrected chi connectivity index (χ0v) is 15.1. The van der Waals surface area contributed by atoms with E-state index in [1.165, 1.54) is 6.20 Å². The molecule has 2 aromatic rings. The molecular weight excluding hydrogens is 333 g/mol. The average molecular weight is 357 g/mol. The van der Waals surface area contributed by atoms with Crippen molar-refractivity contribution < 1.29 is 9.18 Å². The first kappa shape index (κ1) is 17.1. The number of rotatable bonds is 3. The lowest BCUT2D eigenvalue weighted by Crippen LogP contribution is -2.34. The molecule has 26 heavy (non-hydrogen) atoms. The van der Waals surface area contributed by atoms with Gasteiger partial charge in [-0.3, -0.25) is 19.4 Å². The fourth-order valence-electron chi connectivity index (χ4n) is 3.95. The van der Waals surface area contributed by atoms with Gasteiger partial charge in [0.2, 0.25) is 0 Å². The third-order valence-electron chi connectivity index (χ3n) is 5.40. The van der Waals surface area contributed by atoms with Gasteiger partial charge in [0, 0.05) is 50.9 Å². The molecule has 1 amide bonds. The molecule has 1 unspecified atom stereocenters. The van der Waals surface area contributed by atoms with Gasteiger partial charge in [0.1, 0.15) is 11.5 Å². The zero-order valence-electron chi connectivity index (χ0n) is 15.1. The third-order valence-corrected chi connectivity index (χ3v) is 5.40. The molecule has 0 saturated carbocycles. The van der Waals surface area contributed by atoms with Gasteiger partial charge in [-0.05, 0) is 37.9 Å². The third kappa shape index (κ3) is 3.35. The SMILES string of the molecule is CN1CCCn2nc(C3CCCN(Cc4ccncc4F)C3)cc2C1=O. The molecule has 1 saturated heterocycles. The van der Waals surface area contributed by atoms with Gasteiger partial charge in [0.25, 0.3) is 5.91 Å². The summed E-state index contributed by atoms with van der Waals surface area (Å²) >= 11 is 0. The van der Waals surface area contributed by atoms with Crippen molar-refractivity contribution in [2.24, 2.45) is 0 Å². The Hall–Kier alpha value is -2.28. The van der Waals surface area contributed by atoms with Crippen LogP contribution in [0.15, 0.2) is 24.5 Å². The second-order valence-electron chi connectivity index (χ2n) is 7.30. The predicted molar refractivity (Wildman–Crippen MR) is 95.3 cm³/mol. The molecule has 2 aromatic heterocycles. The minimum Gasteiger partial charge on any atom is -0.340 e. The Balaban J connectivity index is 1.50. The van der Waals surface area contributed by atoms with Crippen molar-refractivity contribution >= 4 is 5.91 Å². The van der Waals surface area contributed by atoms with E-state index in [1.54, 1.807) is 17.2 Å². The highest BCUT2D eigenvalue weighted by Gasteiger charge is 2.28. The van der Waals surface area contributed by atoms with Gasteiger partial charge < -0.3 is 4.90 Å². The highest BCUT2D eigenvalue weighted by Crippen LogP contribution is 2.28. The van der Waals surface area contributed by atoms with E-state index in [2.05, 4.69) is 9.88 Å². The largest absolute Gasteiger partial charge is 0.340 e. The summed E-state index contributed by atoms with van der Waals surface area (Å²) in [6.45, 7) is 3.92. The van der Waals surface area contributed by atoms with Crippen LogP contribution in [0.2, 0.25) is 0 Å². The van der Waals surface area contributed by atoms with E-state index in [4.69, 9.17) is 5.10 Å². The Kier molecular flexibility index (Phi) is 4.72. The summed E-state index contributed by atoms with van der Waals surface area (Å²) in [5, 5.41) is 4.74. The summed E-state index contributed by atoms with van der Waals surface area (Å²) in [6.07, 6.45) is 5.93. The van der Waals surface area contributed by atoms with Gasteiger partial charge in [-0.2, -0.15) is 5.10 Å². The fourth-order valence-corrected chi connectivity index (χ4v) is 3.95. The van der Waals surface area contributed by atoms with Crippen molar-refractivity contribution in [1.29, 1.82) is 0 Å². The number of fused-ring (bicyclic) bond motifs is 1. The smallest absolute Gasteiger partial charge is 0.271 e. The number of hydrogen-bond donors (Lipinski definition) is 0. The lowest BCUT2D eigenvalue weighted by atomic mass is 9.94. The number of likely N-dealkylation sites (tertiary alicyclic amines) is 1. The Morgan fingerprint density at radius 2 is 2.15 bits per heavy atom. The lowest BCUT2D eigenvalue weighted by Gasteiger charge is -2.32. The number of carbonyl (C=O) groups is 1. The first-order valence-corrected chi connectivity index (χ1v) is 9.26. The Labute approximate surface area is 152 Å². The van der Waals surface area contributed by atoms with E-state index >= 15 is 0 Å². The predicted octanol–water partition coefficient (Wildman–Crippen LogP) is 2.27. The molecule has 0 aromatic carbocycles. The number of nitrogens with zero attached hydrogens (tertiary/aromatic N) is 5. The maximum Gasteiger partial charge on any atom is 0.271 e. The maximum absolute atomic E-state index is 13.9. The van der Waals surface area contributed by atoms with Crippen molar-refractivity contribution in [2.75, 3.05) is 26.7 Å². The van der Waals surface area contributed by atoms with Gasteiger partial charge >= 0.3 is 0 Å². The van der Waals surface area contributed by atoms with E-state index in [1.807, 2.05) is 17.8 Å². The van der Waals surface area contributed by atoms with Crippen LogP contribution in [0, 0.1) is 5.82 Å². The molecule has 0 spiro atoms. The number of aromatic nitrogens is 3. The summed E-state index contributed by atoms with van der Waals surface area (Å²) in [7, 11) is 1.84. The molecule has 7 heteroatoms. The highest BCUT2D eigenvalue weighted by atomic mass is 19.1. The van der Waals surface area contributed by atoms with Crippen LogP contribution in [0.5, 0.6) is 0 Å². The van der Waals surface area contributed by atoms with Crippen molar-refractivity contribution in [2.45, 2.75) is 38.3 Å². The van der Waals surface area contributed by atoms with Crippen molar-refractivity contribution in [3.8, 4) is 0 Å². The van der Waals surface area contributed by atoms with Gasteiger partial charge in [0.05, 0.1) is 11.9 Å². The number of amides is 1. The second kappa shape index (κ2) is 7.15. The minimum absolute atomic E-state index is 0.0489. The number of piperidine rings is 1. The van der Waals surface area contributed by atoms with E-state index < -0.39 is 0 Å². The molecule has 2 aliphatic heterocycles. The van der Waals surface area contributed by atoms with Crippen LogP contribution in [-0.2, 0) is 13.1 Å². The van der Waals surface area contributed by atoms with E-state index in [9.17, 15) is 9.18 Å². The number of hydrogen-bond acceptors (Lipinski definition) is 4. The van der Waals surface area contributed by atoms with Crippen LogP contribution >= 0.6 is 0 Å². The van der Waals surface area contributed by atoms with Crippen LogP contribution in [0.1, 0.15) is 46.9 Å². The fraction of sp³-hybridized carbons (Fsp3) is 0.526. The zero-order chi connectivity index (χ0) is 18.1. The van der Waals surface area contributed by atoms with E-state index in [0.717, 1.165) is 51.1 Å². The summed E-state index contributed by atoms with van der Waals surface area (Å²) in [5.74, 6) is 0.0796. The molecule has 4 heterocycles. The topological polar surface area (TPSA) is 54.3 Å². The maximum atomic E-state index is 13.9. The Morgan fingerprint density at radius 3 is 3.00 bits per heavy atom. The summed E-state index contributed by atoms with van der Waals surface area (Å²) in [6, 6.07) is 3.71. The minimum atomic E-state index is -0.253. The van der Waals surface area contributed by atoms with Crippen molar-refractivity contribution in [3.63, 3.8) is 0 Å². The molecule has 2 aliphatic rings. The van der Waals surface area contributed by atoms with Crippen LogP contribution in [0.25, 0.3) is 0 Å². The normalized spacial score (nSPS) is 21.5. The molecule has 1 fully saturated rings. The Bertz CT molecular complexity index is 805. The lowest BCUT2D eigenvalue weighted by molar-refractivity contribution is 0.0796. The van der Waals surface area contributed by atoms with Crippen LogP contribution in [0.4, 0.5) is 4.39 Å². The van der Waals surface area contributed by atoms with Gasteiger partial charge in [-0.15, -0.1) is 0 Å². The second-order valence-corrected chi connectivity index (χ2v) is 7.30. The number of carbonyl (C=O) groups excluding carboxylic acids is 1. The van der Waals surface area contributed by atoms with Gasteiger partial charge in [-0.1, -0.05) is 0 Å². The molecular formula is C19H24FN5O. The summed E-state index contributed by atoms with van der Waals surface area (Å²) in [5.41, 5.74) is 2.36. The molecule has 0 N–H and O–H groups in total. The molecule has 0 bridgehead atoms. The highest BCUT2D eigenvalue weighted by molar-refractivity contribution is 5.92. The average Bonchev–Trinajstić information content (AvgIpc) is 3.02. The van der Waals surface area contributed by atoms with Gasteiger partial charge in [0.15, 0.2) is 0 Å². The van der Waals surface area contributed by atoms with Gasteiger partial charge in [-0.25, -0.2) is 4.39 Å². The molecule has 0 radical (unpaired) electrons. The molecule has 138 valence electrons. The molecule has 6 nitrogen and oxygen atoms in total. The monoisotopic (exact) mass is 357 g/mol. The Morgan fingerprint density at radius 1 is 1.27 bits per heavy atom. The van der Waals surface area contributed by atoms with E-state index in [-0.39, 0.29) is 17.6 Å². The number of aryl methyl sites for hydroxylation is 1. The molecule has 4 rings (SSSR count). The van der Waals surface area contributed by atoms with Crippen molar-refractivity contribution in [1.82, 2.24) is 24.6 Å². The van der Waals surface area contributed by atoms with Crippen molar-refractivity contribution in [3.05, 3.63) is 47.3 Å². The number of pyridine rings is 1. The van der Waals surface area contributed by atoms with Crippen LogP contribution in [0.3, 0.4) is 0 Å². The first-order valence-electron chi connectivity index (χ1n) is 9.26. The van der Waals surface area contributed by atoms with Crippen LogP contribution in [-0.4, -0.2) is 57.2 Å². The number of halogens is 1.